The number of aromatic nitrogens is 3. The van der Waals surface area contributed by atoms with Crippen molar-refractivity contribution in [1.29, 1.82) is 0 Å². The minimum Gasteiger partial charge on any atom is -0.496 e. The van der Waals surface area contributed by atoms with Gasteiger partial charge in [0.15, 0.2) is 0 Å². The Bertz CT molecular complexity index is 1190. The Balaban J connectivity index is 1.53. The van der Waals surface area contributed by atoms with Crippen LogP contribution in [0, 0.1) is 0 Å². The molecule has 0 aliphatic carbocycles. The third-order valence-electron chi connectivity index (χ3n) is 4.97. The van der Waals surface area contributed by atoms with E-state index in [2.05, 4.69) is 15.4 Å². The zero-order valence-electron chi connectivity index (χ0n) is 17.5. The van der Waals surface area contributed by atoms with Crippen LogP contribution < -0.4 is 10.1 Å². The second-order valence-corrected chi connectivity index (χ2v) is 9.02. The van der Waals surface area contributed by atoms with Crippen LogP contribution in [0.5, 0.6) is 5.75 Å². The van der Waals surface area contributed by atoms with Crippen LogP contribution in [0.25, 0.3) is 0 Å². The normalized spacial score (nSPS) is 14.8. The number of hydrogen-bond donors (Lipinski definition) is 1. The van der Waals surface area contributed by atoms with Gasteiger partial charge in [0.25, 0.3) is 5.91 Å². The second-order valence-electron chi connectivity index (χ2n) is 7.08. The van der Waals surface area contributed by atoms with Crippen molar-refractivity contribution in [2.24, 2.45) is 0 Å². The molecule has 1 aromatic heterocycles. The maximum atomic E-state index is 13.0. The highest BCUT2D eigenvalue weighted by Gasteiger charge is 2.28. The fraction of sp³-hybridized carbons (Fsp3) is 0.286. The molecular formula is C21H23N5O5S. The molecule has 0 spiro atoms. The Morgan fingerprint density at radius 2 is 1.91 bits per heavy atom. The Morgan fingerprint density at radius 3 is 2.62 bits per heavy atom. The lowest BCUT2D eigenvalue weighted by molar-refractivity contribution is 0.0730. The molecule has 0 radical (unpaired) electrons. The van der Waals surface area contributed by atoms with Crippen LogP contribution in [-0.4, -0.2) is 66.8 Å². The first-order chi connectivity index (χ1) is 15.5. The van der Waals surface area contributed by atoms with E-state index >= 15 is 0 Å². The molecule has 32 heavy (non-hydrogen) atoms. The van der Waals surface area contributed by atoms with E-state index in [0.717, 1.165) is 5.56 Å². The maximum absolute atomic E-state index is 13.0. The van der Waals surface area contributed by atoms with E-state index < -0.39 is 15.9 Å². The number of hydrogen-bond acceptors (Lipinski definition) is 7. The predicted molar refractivity (Wildman–Crippen MR) is 116 cm³/mol. The van der Waals surface area contributed by atoms with Crippen LogP contribution in [0.15, 0.2) is 59.8 Å². The SMILES string of the molecule is COc1ccc(S(=O)(=O)N2CCOCC2)cc1C(=O)Nc1ncn(Cc2ccccc2)n1. The van der Waals surface area contributed by atoms with Gasteiger partial charge in [0.2, 0.25) is 16.0 Å². The van der Waals surface area contributed by atoms with Crippen molar-refractivity contribution in [1.82, 2.24) is 19.1 Å². The molecule has 10 nitrogen and oxygen atoms in total. The number of ether oxygens (including phenoxy) is 2. The van der Waals surface area contributed by atoms with Gasteiger partial charge in [0, 0.05) is 13.1 Å². The highest BCUT2D eigenvalue weighted by atomic mass is 32.2. The van der Waals surface area contributed by atoms with Gasteiger partial charge < -0.3 is 9.47 Å². The molecule has 0 bridgehead atoms. The van der Waals surface area contributed by atoms with E-state index in [4.69, 9.17) is 9.47 Å². The van der Waals surface area contributed by atoms with Gasteiger partial charge >= 0.3 is 0 Å². The lowest BCUT2D eigenvalue weighted by Crippen LogP contribution is -2.40. The van der Waals surface area contributed by atoms with E-state index in [1.807, 2.05) is 30.3 Å². The van der Waals surface area contributed by atoms with Gasteiger partial charge in [-0.05, 0) is 23.8 Å². The molecule has 2 heterocycles. The van der Waals surface area contributed by atoms with Crippen LogP contribution in [0.2, 0.25) is 0 Å². The number of methoxy groups -OCH3 is 1. The van der Waals surface area contributed by atoms with Crippen molar-refractivity contribution in [3.05, 3.63) is 66.0 Å². The van der Waals surface area contributed by atoms with Crippen molar-refractivity contribution in [2.45, 2.75) is 11.4 Å². The average molecular weight is 458 g/mol. The van der Waals surface area contributed by atoms with Gasteiger partial charge in [-0.2, -0.15) is 4.31 Å². The van der Waals surface area contributed by atoms with Crippen LogP contribution in [0.4, 0.5) is 5.95 Å². The van der Waals surface area contributed by atoms with Gasteiger partial charge in [0.05, 0.1) is 37.3 Å². The van der Waals surface area contributed by atoms with Crippen LogP contribution >= 0.6 is 0 Å². The van der Waals surface area contributed by atoms with Crippen LogP contribution in [0.1, 0.15) is 15.9 Å². The molecule has 1 fully saturated rings. The van der Waals surface area contributed by atoms with Crippen LogP contribution in [0.3, 0.4) is 0 Å². The molecule has 2 aromatic carbocycles. The molecule has 168 valence electrons. The zero-order chi connectivity index (χ0) is 22.6. The zero-order valence-corrected chi connectivity index (χ0v) is 18.3. The van der Waals surface area contributed by atoms with E-state index in [1.165, 1.54) is 35.9 Å². The summed E-state index contributed by atoms with van der Waals surface area (Å²) in [5.74, 6) is -0.222. The maximum Gasteiger partial charge on any atom is 0.261 e. The average Bonchev–Trinajstić information content (AvgIpc) is 3.26. The first-order valence-electron chi connectivity index (χ1n) is 9.98. The number of benzene rings is 2. The molecule has 1 saturated heterocycles. The highest BCUT2D eigenvalue weighted by Crippen LogP contribution is 2.25. The number of amides is 1. The summed E-state index contributed by atoms with van der Waals surface area (Å²) in [6, 6.07) is 13.9. The van der Waals surface area contributed by atoms with E-state index in [1.54, 1.807) is 4.68 Å². The molecule has 1 N–H and O–H groups in total. The molecule has 1 amide bonds. The van der Waals surface area contributed by atoms with E-state index in [9.17, 15) is 13.2 Å². The number of nitrogens with one attached hydrogen (secondary N) is 1. The smallest absolute Gasteiger partial charge is 0.261 e. The van der Waals surface area contributed by atoms with Gasteiger partial charge in [0.1, 0.15) is 12.1 Å². The number of carbonyl (C=O) groups is 1. The molecule has 0 atom stereocenters. The molecule has 4 rings (SSSR count). The highest BCUT2D eigenvalue weighted by molar-refractivity contribution is 7.89. The van der Waals surface area contributed by atoms with Gasteiger partial charge in [-0.15, -0.1) is 5.10 Å². The molecule has 1 aliphatic heterocycles. The minimum absolute atomic E-state index is 0.00733. The molecule has 1 aliphatic rings. The summed E-state index contributed by atoms with van der Waals surface area (Å²) in [6.45, 7) is 1.69. The lowest BCUT2D eigenvalue weighted by atomic mass is 10.2. The fourth-order valence-corrected chi connectivity index (χ4v) is 4.76. The molecule has 0 saturated carbocycles. The number of rotatable bonds is 7. The molecular weight excluding hydrogens is 434 g/mol. The van der Waals surface area contributed by atoms with Crippen molar-refractivity contribution in [2.75, 3.05) is 38.7 Å². The van der Waals surface area contributed by atoms with E-state index in [-0.39, 0.29) is 35.2 Å². The summed E-state index contributed by atoms with van der Waals surface area (Å²) >= 11 is 0. The van der Waals surface area contributed by atoms with Gasteiger partial charge in [-0.3, -0.25) is 10.1 Å². The van der Waals surface area contributed by atoms with Crippen molar-refractivity contribution >= 4 is 21.9 Å². The second kappa shape index (κ2) is 9.47. The minimum atomic E-state index is -3.76. The number of nitrogens with zero attached hydrogens (tertiary/aromatic N) is 4. The Morgan fingerprint density at radius 1 is 1.16 bits per heavy atom. The number of anilines is 1. The fourth-order valence-electron chi connectivity index (χ4n) is 3.33. The number of carbonyl (C=O) groups excluding carboxylic acids is 1. The molecule has 3 aromatic rings. The monoisotopic (exact) mass is 457 g/mol. The van der Waals surface area contributed by atoms with Crippen molar-refractivity contribution in [3.63, 3.8) is 0 Å². The Labute approximate surface area is 185 Å². The van der Waals surface area contributed by atoms with Crippen molar-refractivity contribution in [3.8, 4) is 5.75 Å². The number of sulfonamides is 1. The van der Waals surface area contributed by atoms with E-state index in [0.29, 0.717) is 19.8 Å². The topological polar surface area (TPSA) is 116 Å². The summed E-state index contributed by atoms with van der Waals surface area (Å²) in [4.78, 5) is 17.0. The first kappa shape index (κ1) is 21.9. The summed E-state index contributed by atoms with van der Waals surface area (Å²) in [7, 11) is -2.35. The van der Waals surface area contributed by atoms with Crippen LogP contribution in [-0.2, 0) is 21.3 Å². The molecule has 11 heteroatoms. The third kappa shape index (κ3) is 4.79. The summed E-state index contributed by atoms with van der Waals surface area (Å²) in [5.41, 5.74) is 1.11. The first-order valence-corrected chi connectivity index (χ1v) is 11.4. The largest absolute Gasteiger partial charge is 0.496 e. The lowest BCUT2D eigenvalue weighted by Gasteiger charge is -2.26. The summed E-state index contributed by atoms with van der Waals surface area (Å²) < 4.78 is 39.4. The molecule has 0 unspecified atom stereocenters. The Kier molecular flexibility index (Phi) is 6.49. The summed E-state index contributed by atoms with van der Waals surface area (Å²) in [5, 5.41) is 6.87. The Hall–Kier alpha value is -3.28. The standard InChI is InChI=1S/C21H23N5O5S/c1-30-19-8-7-17(32(28,29)26-9-11-31-12-10-26)13-18(19)20(27)23-21-22-15-25(24-21)14-16-5-3-2-4-6-16/h2-8,13,15H,9-12,14H2,1H3,(H,23,24,27). The third-order valence-corrected chi connectivity index (χ3v) is 6.87. The number of morpholine rings is 1. The van der Waals surface area contributed by atoms with Crippen molar-refractivity contribution < 1.29 is 22.7 Å². The van der Waals surface area contributed by atoms with Gasteiger partial charge in [-0.25, -0.2) is 18.1 Å². The predicted octanol–water partition coefficient (Wildman–Crippen LogP) is 1.61. The quantitative estimate of drug-likeness (QED) is 0.573. The summed E-state index contributed by atoms with van der Waals surface area (Å²) in [6.07, 6.45) is 1.51. The van der Waals surface area contributed by atoms with Gasteiger partial charge in [-0.1, -0.05) is 30.3 Å².